The molecule has 0 aliphatic rings. The van der Waals surface area contributed by atoms with E-state index in [4.69, 9.17) is 4.74 Å². The van der Waals surface area contributed by atoms with E-state index in [-0.39, 0.29) is 0 Å². The Morgan fingerprint density at radius 2 is 1.30 bits per heavy atom. The van der Waals surface area contributed by atoms with Gasteiger partial charge in [-0.05, 0) is 48.9 Å². The highest BCUT2D eigenvalue weighted by atomic mass is 16.5. The van der Waals surface area contributed by atoms with E-state index < -0.39 is 0 Å². The van der Waals surface area contributed by atoms with Crippen molar-refractivity contribution < 1.29 is 9.30 Å². The zero-order valence-electron chi connectivity index (χ0n) is 20.9. The van der Waals surface area contributed by atoms with Crippen molar-refractivity contribution >= 4 is 0 Å². The van der Waals surface area contributed by atoms with Crippen LogP contribution >= 0.6 is 0 Å². The molecule has 0 aliphatic carbocycles. The Labute approximate surface area is 198 Å². The van der Waals surface area contributed by atoms with Crippen LogP contribution in [0.25, 0.3) is 17.1 Å². The fourth-order valence-corrected chi connectivity index (χ4v) is 4.50. The molecule has 33 heavy (non-hydrogen) atoms. The Morgan fingerprint density at radius 1 is 0.727 bits per heavy atom. The third-order valence-corrected chi connectivity index (χ3v) is 6.39. The smallest absolute Gasteiger partial charge is 0.330 e. The molecular weight excluding hydrogens is 404 g/mol. The molecule has 0 atom stereocenters. The zero-order chi connectivity index (χ0) is 23.7. The molecule has 0 saturated heterocycles. The third-order valence-electron chi connectivity index (χ3n) is 6.39. The molecule has 0 unspecified atom stereocenters. The average molecular weight is 440 g/mol. The maximum atomic E-state index is 6.49. The van der Waals surface area contributed by atoms with Gasteiger partial charge in [-0.15, -0.1) is 0 Å². The highest BCUT2D eigenvalue weighted by Gasteiger charge is 2.30. The highest BCUT2D eigenvalue weighted by Crippen LogP contribution is 2.36. The Balaban J connectivity index is 2.03. The highest BCUT2D eigenvalue weighted by molar-refractivity contribution is 5.64. The van der Waals surface area contributed by atoms with E-state index in [0.717, 1.165) is 23.0 Å². The molecule has 0 saturated carbocycles. The predicted molar refractivity (Wildman–Crippen MR) is 137 cm³/mol. The topological polar surface area (TPSA) is 18.0 Å². The van der Waals surface area contributed by atoms with Crippen molar-refractivity contribution in [2.75, 3.05) is 0 Å². The van der Waals surface area contributed by atoms with E-state index in [0.29, 0.717) is 11.8 Å². The summed E-state index contributed by atoms with van der Waals surface area (Å²) in [5.74, 6) is 3.61. The first kappa shape index (κ1) is 22.8. The second-order valence-electron chi connectivity index (χ2n) is 9.50. The molecule has 4 aromatic rings. The average Bonchev–Trinajstić information content (AvgIpc) is 3.10. The molecule has 0 aliphatic heterocycles. The van der Waals surface area contributed by atoms with Crippen LogP contribution in [0.15, 0.2) is 72.9 Å². The number of rotatable bonds is 6. The van der Waals surface area contributed by atoms with Crippen molar-refractivity contribution in [3.63, 3.8) is 0 Å². The maximum absolute atomic E-state index is 6.49. The Morgan fingerprint density at radius 3 is 1.88 bits per heavy atom. The minimum absolute atomic E-state index is 0.400. The van der Waals surface area contributed by atoms with Crippen LogP contribution < -0.4 is 9.30 Å². The van der Waals surface area contributed by atoms with E-state index in [1.165, 1.54) is 27.9 Å². The van der Waals surface area contributed by atoms with Gasteiger partial charge in [-0.3, -0.25) is 0 Å². The molecule has 0 spiro atoms. The number of hydrogen-bond donors (Lipinski definition) is 0. The van der Waals surface area contributed by atoms with Crippen LogP contribution in [0.1, 0.15) is 61.8 Å². The van der Waals surface area contributed by atoms with Crippen molar-refractivity contribution in [2.24, 2.45) is 7.05 Å². The maximum Gasteiger partial charge on any atom is 0.330 e. The van der Waals surface area contributed by atoms with Gasteiger partial charge < -0.3 is 4.74 Å². The molecule has 4 rings (SSSR count). The van der Waals surface area contributed by atoms with Gasteiger partial charge >= 0.3 is 5.88 Å². The van der Waals surface area contributed by atoms with Crippen molar-refractivity contribution in [3.05, 3.63) is 95.2 Å². The third kappa shape index (κ3) is 4.32. The van der Waals surface area contributed by atoms with E-state index in [2.05, 4.69) is 112 Å². The van der Waals surface area contributed by atoms with Gasteiger partial charge in [-0.1, -0.05) is 82.3 Å². The van der Waals surface area contributed by atoms with Crippen LogP contribution in [0.3, 0.4) is 0 Å². The normalized spacial score (nSPS) is 11.4. The Bertz CT molecular complexity index is 1250. The van der Waals surface area contributed by atoms with Crippen LogP contribution in [-0.4, -0.2) is 4.57 Å². The first-order valence-corrected chi connectivity index (χ1v) is 11.8. The molecule has 3 nitrogen and oxygen atoms in total. The lowest BCUT2D eigenvalue weighted by molar-refractivity contribution is -0.663. The van der Waals surface area contributed by atoms with E-state index in [9.17, 15) is 0 Å². The predicted octanol–water partition coefficient (Wildman–Crippen LogP) is 7.62. The number of benzene rings is 3. The van der Waals surface area contributed by atoms with Gasteiger partial charge in [-0.2, -0.15) is 9.13 Å². The minimum atomic E-state index is 0.400. The fourth-order valence-electron chi connectivity index (χ4n) is 4.50. The molecule has 0 fully saturated rings. The number of ether oxygens (including phenoxy) is 1. The quantitative estimate of drug-likeness (QED) is 0.283. The van der Waals surface area contributed by atoms with E-state index in [1.54, 1.807) is 0 Å². The molecule has 0 radical (unpaired) electrons. The summed E-state index contributed by atoms with van der Waals surface area (Å²) in [6.45, 7) is 13.3. The minimum Gasteiger partial charge on any atom is -0.420 e. The lowest BCUT2D eigenvalue weighted by atomic mass is 9.92. The largest absolute Gasteiger partial charge is 0.420 e. The van der Waals surface area contributed by atoms with E-state index in [1.807, 2.05) is 18.2 Å². The van der Waals surface area contributed by atoms with Crippen LogP contribution in [0, 0.1) is 13.8 Å². The van der Waals surface area contributed by atoms with Gasteiger partial charge in [0.1, 0.15) is 11.4 Å². The number of hydrogen-bond acceptors (Lipinski definition) is 1. The van der Waals surface area contributed by atoms with Crippen molar-refractivity contribution in [3.8, 4) is 28.7 Å². The summed E-state index contributed by atoms with van der Waals surface area (Å²) in [7, 11) is 2.10. The van der Waals surface area contributed by atoms with Crippen molar-refractivity contribution in [2.45, 2.75) is 53.4 Å². The van der Waals surface area contributed by atoms with Crippen molar-refractivity contribution in [1.82, 2.24) is 4.57 Å². The standard InChI is InChI=1S/C30H35N2O/c1-20(2)24-16-12-17-25(21(3)4)29(24)32-19-28(33-27-18-11-9-14-23(27)6)31(7)30(32)26-15-10-8-13-22(26)5/h8-21H,1-7H3/q+1. The van der Waals surface area contributed by atoms with Crippen LogP contribution in [-0.2, 0) is 7.05 Å². The Kier molecular flexibility index (Phi) is 6.42. The number of aromatic nitrogens is 2. The van der Waals surface area contributed by atoms with Gasteiger partial charge in [-0.25, -0.2) is 0 Å². The van der Waals surface area contributed by atoms with Gasteiger partial charge in [0, 0.05) is 11.1 Å². The molecule has 0 bridgehead atoms. The molecule has 1 aromatic heterocycles. The second-order valence-corrected chi connectivity index (χ2v) is 9.50. The monoisotopic (exact) mass is 439 g/mol. The lowest BCUT2D eigenvalue weighted by Crippen LogP contribution is -2.31. The number of aryl methyl sites for hydroxylation is 2. The van der Waals surface area contributed by atoms with Gasteiger partial charge in [0.2, 0.25) is 0 Å². The summed E-state index contributed by atoms with van der Waals surface area (Å²) in [6.07, 6.45) is 2.15. The zero-order valence-corrected chi connectivity index (χ0v) is 20.9. The van der Waals surface area contributed by atoms with Crippen LogP contribution in [0.2, 0.25) is 0 Å². The first-order valence-electron chi connectivity index (χ1n) is 11.8. The second kappa shape index (κ2) is 9.27. The van der Waals surface area contributed by atoms with Crippen LogP contribution in [0.5, 0.6) is 11.6 Å². The molecule has 0 N–H and O–H groups in total. The van der Waals surface area contributed by atoms with Crippen molar-refractivity contribution in [1.29, 1.82) is 0 Å². The summed E-state index contributed by atoms with van der Waals surface area (Å²) in [6, 6.07) is 23.5. The van der Waals surface area contributed by atoms with Crippen LogP contribution in [0.4, 0.5) is 0 Å². The lowest BCUT2D eigenvalue weighted by Gasteiger charge is -2.17. The summed E-state index contributed by atoms with van der Waals surface area (Å²) < 4.78 is 11.0. The SMILES string of the molecule is Cc1ccccc1Oc1cn(-c2c(C(C)C)cccc2C(C)C)c(-c2ccccc2C)[n+]1C. The van der Waals surface area contributed by atoms with Gasteiger partial charge in [0.15, 0.2) is 6.20 Å². The molecule has 3 heteroatoms. The molecule has 3 aromatic carbocycles. The number of nitrogens with zero attached hydrogens (tertiary/aromatic N) is 2. The fraction of sp³-hybridized carbons (Fsp3) is 0.300. The summed E-state index contributed by atoms with van der Waals surface area (Å²) in [5, 5.41) is 0. The molecule has 1 heterocycles. The summed E-state index contributed by atoms with van der Waals surface area (Å²) in [5.41, 5.74) is 7.50. The molecule has 0 amide bonds. The molecular formula is C30H35N2O+. The van der Waals surface area contributed by atoms with E-state index >= 15 is 0 Å². The summed E-state index contributed by atoms with van der Waals surface area (Å²) >= 11 is 0. The van der Waals surface area contributed by atoms with Gasteiger partial charge in [0.05, 0.1) is 12.6 Å². The summed E-state index contributed by atoms with van der Waals surface area (Å²) in [4.78, 5) is 0. The molecule has 170 valence electrons. The van der Waals surface area contributed by atoms with Gasteiger partial charge in [0.25, 0.3) is 5.82 Å². The number of imidazole rings is 1. The first-order chi connectivity index (χ1) is 15.8. The number of para-hydroxylation sites is 2. The Hall–Kier alpha value is -3.33.